The van der Waals surface area contributed by atoms with Crippen molar-refractivity contribution >= 4 is 0 Å². The predicted molar refractivity (Wildman–Crippen MR) is 81.4 cm³/mol. The zero-order valence-electron chi connectivity index (χ0n) is 12.9. The summed E-state index contributed by atoms with van der Waals surface area (Å²) < 4.78 is 5.81. The molecule has 1 heterocycles. The van der Waals surface area contributed by atoms with Crippen LogP contribution in [0.15, 0.2) is 12.1 Å². The van der Waals surface area contributed by atoms with Gasteiger partial charge in [0.25, 0.3) is 0 Å². The van der Waals surface area contributed by atoms with Crippen molar-refractivity contribution in [3.8, 4) is 5.75 Å². The molecule has 2 rings (SSSR count). The Hall–Kier alpha value is -1.02. The number of hydrogen-bond donors (Lipinski definition) is 1. The monoisotopic (exact) mass is 261 g/mol. The Labute approximate surface area is 117 Å². The average molecular weight is 261 g/mol. The molecule has 0 amide bonds. The van der Waals surface area contributed by atoms with Crippen molar-refractivity contribution in [1.29, 1.82) is 0 Å². The number of ether oxygens (including phenoxy) is 1. The normalized spacial score (nSPS) is 19.4. The predicted octanol–water partition coefficient (Wildman–Crippen LogP) is 4.02. The third kappa shape index (κ3) is 2.79. The molecule has 106 valence electrons. The van der Waals surface area contributed by atoms with E-state index >= 15 is 0 Å². The van der Waals surface area contributed by atoms with Crippen LogP contribution in [0.2, 0.25) is 0 Å². The van der Waals surface area contributed by atoms with Gasteiger partial charge in [-0.1, -0.05) is 39.8 Å². The van der Waals surface area contributed by atoms with Gasteiger partial charge in [0.2, 0.25) is 0 Å². The maximum atomic E-state index is 5.81. The van der Waals surface area contributed by atoms with Gasteiger partial charge in [0.05, 0.1) is 7.11 Å². The van der Waals surface area contributed by atoms with Crippen LogP contribution in [-0.2, 0) is 0 Å². The molecule has 0 bridgehead atoms. The van der Waals surface area contributed by atoms with E-state index in [9.17, 15) is 0 Å². The molecule has 2 heteroatoms. The Morgan fingerprint density at radius 1 is 1.11 bits per heavy atom. The van der Waals surface area contributed by atoms with Crippen molar-refractivity contribution in [2.24, 2.45) is 0 Å². The quantitative estimate of drug-likeness (QED) is 0.884. The summed E-state index contributed by atoms with van der Waals surface area (Å²) >= 11 is 0. The van der Waals surface area contributed by atoms with E-state index in [0.29, 0.717) is 17.8 Å². The molecule has 1 unspecified atom stereocenters. The standard InChI is InChI=1S/C17H27NO/c1-11(2)14-6-7-15(12(3)4)17(19-5)16(14)13-8-9-18-10-13/h6-7,11-13,18H,8-10H2,1-5H3. The molecule has 1 saturated heterocycles. The minimum Gasteiger partial charge on any atom is -0.496 e. The lowest BCUT2D eigenvalue weighted by atomic mass is 9.84. The van der Waals surface area contributed by atoms with E-state index in [0.717, 1.165) is 18.8 Å². The van der Waals surface area contributed by atoms with Gasteiger partial charge in [-0.3, -0.25) is 0 Å². The summed E-state index contributed by atoms with van der Waals surface area (Å²) in [4.78, 5) is 0. The highest BCUT2D eigenvalue weighted by molar-refractivity contribution is 5.51. The Kier molecular flexibility index (Phi) is 4.51. The maximum Gasteiger partial charge on any atom is 0.126 e. The van der Waals surface area contributed by atoms with Crippen LogP contribution in [0.4, 0.5) is 0 Å². The lowest BCUT2D eigenvalue weighted by Crippen LogP contribution is -2.12. The number of hydrogen-bond acceptors (Lipinski definition) is 2. The minimum atomic E-state index is 0.504. The first-order valence-corrected chi connectivity index (χ1v) is 7.47. The zero-order chi connectivity index (χ0) is 14.0. The van der Waals surface area contributed by atoms with E-state index in [-0.39, 0.29) is 0 Å². The molecule has 1 aliphatic rings. The first-order chi connectivity index (χ1) is 9.06. The van der Waals surface area contributed by atoms with Gasteiger partial charge in [-0.25, -0.2) is 0 Å². The van der Waals surface area contributed by atoms with Gasteiger partial charge in [-0.2, -0.15) is 0 Å². The Morgan fingerprint density at radius 2 is 1.74 bits per heavy atom. The highest BCUT2D eigenvalue weighted by Crippen LogP contribution is 2.41. The van der Waals surface area contributed by atoms with Crippen LogP contribution in [0, 0.1) is 0 Å². The van der Waals surface area contributed by atoms with Crippen molar-refractivity contribution in [2.45, 2.75) is 51.9 Å². The second-order valence-corrected chi connectivity index (χ2v) is 6.19. The van der Waals surface area contributed by atoms with Crippen molar-refractivity contribution in [3.05, 3.63) is 28.8 Å². The summed E-state index contributed by atoms with van der Waals surface area (Å²) in [6.07, 6.45) is 1.22. The summed E-state index contributed by atoms with van der Waals surface area (Å²) in [6, 6.07) is 4.57. The topological polar surface area (TPSA) is 21.3 Å². The molecule has 0 aliphatic carbocycles. The van der Waals surface area contributed by atoms with Crippen LogP contribution >= 0.6 is 0 Å². The fourth-order valence-corrected chi connectivity index (χ4v) is 3.14. The summed E-state index contributed by atoms with van der Waals surface area (Å²) in [5, 5.41) is 3.48. The van der Waals surface area contributed by atoms with Gasteiger partial charge in [0.15, 0.2) is 0 Å². The molecule has 1 aromatic carbocycles. The molecule has 2 nitrogen and oxygen atoms in total. The van der Waals surface area contributed by atoms with Gasteiger partial charge in [-0.15, -0.1) is 0 Å². The first kappa shape index (κ1) is 14.4. The smallest absolute Gasteiger partial charge is 0.126 e. The van der Waals surface area contributed by atoms with Crippen molar-refractivity contribution in [3.63, 3.8) is 0 Å². The molecule has 1 fully saturated rings. The van der Waals surface area contributed by atoms with Gasteiger partial charge >= 0.3 is 0 Å². The van der Waals surface area contributed by atoms with Crippen molar-refractivity contribution in [2.75, 3.05) is 20.2 Å². The fraction of sp³-hybridized carbons (Fsp3) is 0.647. The molecule has 1 N–H and O–H groups in total. The lowest BCUT2D eigenvalue weighted by Gasteiger charge is -2.24. The second-order valence-electron chi connectivity index (χ2n) is 6.19. The third-order valence-corrected chi connectivity index (χ3v) is 4.18. The summed E-state index contributed by atoms with van der Waals surface area (Å²) in [5.74, 6) is 2.79. The molecular formula is C17H27NO. The molecule has 0 radical (unpaired) electrons. The number of benzene rings is 1. The summed E-state index contributed by atoms with van der Waals surface area (Å²) in [5.41, 5.74) is 4.25. The molecule has 1 aliphatic heterocycles. The van der Waals surface area contributed by atoms with Gasteiger partial charge in [0, 0.05) is 18.0 Å². The highest BCUT2D eigenvalue weighted by atomic mass is 16.5. The van der Waals surface area contributed by atoms with Crippen LogP contribution < -0.4 is 10.1 Å². The van der Waals surface area contributed by atoms with E-state index in [2.05, 4.69) is 45.1 Å². The number of methoxy groups -OCH3 is 1. The molecule has 0 spiro atoms. The molecule has 19 heavy (non-hydrogen) atoms. The molecular weight excluding hydrogens is 234 g/mol. The van der Waals surface area contributed by atoms with Gasteiger partial charge < -0.3 is 10.1 Å². The van der Waals surface area contributed by atoms with Crippen LogP contribution in [0.25, 0.3) is 0 Å². The van der Waals surface area contributed by atoms with Crippen molar-refractivity contribution in [1.82, 2.24) is 5.32 Å². The van der Waals surface area contributed by atoms with Gasteiger partial charge in [0.1, 0.15) is 5.75 Å². The minimum absolute atomic E-state index is 0.504. The van der Waals surface area contributed by atoms with Crippen LogP contribution in [0.3, 0.4) is 0 Å². The van der Waals surface area contributed by atoms with E-state index in [4.69, 9.17) is 4.74 Å². The van der Waals surface area contributed by atoms with Gasteiger partial charge in [-0.05, 0) is 35.9 Å². The zero-order valence-corrected chi connectivity index (χ0v) is 12.9. The van der Waals surface area contributed by atoms with Crippen molar-refractivity contribution < 1.29 is 4.74 Å². The highest BCUT2D eigenvalue weighted by Gasteiger charge is 2.26. The van der Waals surface area contributed by atoms with E-state index in [1.165, 1.54) is 23.1 Å². The Balaban J connectivity index is 2.58. The molecule has 0 aromatic heterocycles. The lowest BCUT2D eigenvalue weighted by molar-refractivity contribution is 0.397. The van der Waals surface area contributed by atoms with Crippen LogP contribution in [0.1, 0.15) is 68.6 Å². The summed E-state index contributed by atoms with van der Waals surface area (Å²) in [7, 11) is 1.82. The second kappa shape index (κ2) is 5.96. The number of nitrogens with one attached hydrogen (secondary N) is 1. The third-order valence-electron chi connectivity index (χ3n) is 4.18. The Bertz CT molecular complexity index is 431. The van der Waals surface area contributed by atoms with E-state index < -0.39 is 0 Å². The Morgan fingerprint density at radius 3 is 2.21 bits per heavy atom. The molecule has 0 saturated carbocycles. The first-order valence-electron chi connectivity index (χ1n) is 7.47. The molecule has 1 atom stereocenters. The SMILES string of the molecule is COc1c(C(C)C)ccc(C(C)C)c1C1CCNC1. The van der Waals surface area contributed by atoms with Crippen LogP contribution in [0.5, 0.6) is 5.75 Å². The molecule has 1 aromatic rings. The largest absolute Gasteiger partial charge is 0.496 e. The van der Waals surface area contributed by atoms with E-state index in [1.807, 2.05) is 7.11 Å². The van der Waals surface area contributed by atoms with E-state index in [1.54, 1.807) is 0 Å². The summed E-state index contributed by atoms with van der Waals surface area (Å²) in [6.45, 7) is 11.2. The number of rotatable bonds is 4. The maximum absolute atomic E-state index is 5.81. The van der Waals surface area contributed by atoms with Crippen LogP contribution in [-0.4, -0.2) is 20.2 Å². The average Bonchev–Trinajstić information content (AvgIpc) is 2.90. The fourth-order valence-electron chi connectivity index (χ4n) is 3.14.